The Balaban J connectivity index is 1.24. The summed E-state index contributed by atoms with van der Waals surface area (Å²) < 4.78 is 5.78. The van der Waals surface area contributed by atoms with E-state index < -0.39 is 0 Å². The molecule has 2 bridgehead atoms. The molecule has 7 rings (SSSR count). The van der Waals surface area contributed by atoms with E-state index in [2.05, 4.69) is 17.3 Å². The second-order valence-corrected chi connectivity index (χ2v) is 9.03. The first-order chi connectivity index (χ1) is 14.0. The number of carbonyl (C=O) groups is 2. The zero-order valence-corrected chi connectivity index (χ0v) is 16.7. The first kappa shape index (κ1) is 17.5. The van der Waals surface area contributed by atoms with Crippen LogP contribution in [0.1, 0.15) is 12.2 Å². The topological polar surface area (TPSA) is 62.9 Å². The van der Waals surface area contributed by atoms with Crippen molar-refractivity contribution in [2.75, 3.05) is 0 Å². The van der Waals surface area contributed by atoms with Crippen molar-refractivity contribution >= 4 is 41.2 Å². The van der Waals surface area contributed by atoms with E-state index in [0.717, 1.165) is 17.0 Å². The number of carbonyl (C=O) groups excluding carboxylic acids is 2. The molecule has 2 saturated carbocycles. The monoisotopic (exact) mass is 426 g/mol. The first-order valence-corrected chi connectivity index (χ1v) is 10.4. The van der Waals surface area contributed by atoms with Gasteiger partial charge in [0.25, 0.3) is 11.8 Å². The molecule has 0 N–H and O–H groups in total. The minimum absolute atomic E-state index is 0.183. The Bertz CT molecular complexity index is 1090. The van der Waals surface area contributed by atoms with Crippen molar-refractivity contribution in [3.05, 3.63) is 58.3 Å². The van der Waals surface area contributed by atoms with E-state index in [1.165, 1.54) is 6.21 Å². The zero-order valence-electron chi connectivity index (χ0n) is 15.2. The SMILES string of the molecule is O=C1[C@@H]2[C@H]3C=C[C@@H]([C@@H]4C[C@@H]34)[C@H]2C(=O)N1/N=C\c1ccc(-c2ccc(Cl)c(Cl)c2)o1. The van der Waals surface area contributed by atoms with E-state index in [-0.39, 0.29) is 35.5 Å². The van der Waals surface area contributed by atoms with Crippen LogP contribution in [0.15, 0.2) is 52.0 Å². The van der Waals surface area contributed by atoms with E-state index in [0.29, 0.717) is 33.4 Å². The van der Waals surface area contributed by atoms with Crippen molar-refractivity contribution in [1.82, 2.24) is 5.01 Å². The molecule has 29 heavy (non-hydrogen) atoms. The molecule has 1 aromatic heterocycles. The molecule has 146 valence electrons. The lowest BCUT2D eigenvalue weighted by Gasteiger charge is -2.37. The van der Waals surface area contributed by atoms with Crippen LogP contribution in [0.25, 0.3) is 11.3 Å². The molecule has 0 radical (unpaired) electrons. The van der Waals surface area contributed by atoms with Crippen LogP contribution in [-0.2, 0) is 9.59 Å². The van der Waals surface area contributed by atoms with Crippen LogP contribution in [0.5, 0.6) is 0 Å². The highest BCUT2D eigenvalue weighted by molar-refractivity contribution is 6.42. The minimum atomic E-state index is -0.248. The molecule has 6 atom stereocenters. The van der Waals surface area contributed by atoms with E-state index >= 15 is 0 Å². The van der Waals surface area contributed by atoms with Gasteiger partial charge in [0.05, 0.1) is 28.1 Å². The number of nitrogens with zero attached hydrogens (tertiary/aromatic N) is 2. The smallest absolute Gasteiger partial charge is 0.254 e. The number of furan rings is 1. The number of rotatable bonds is 3. The van der Waals surface area contributed by atoms with Crippen molar-refractivity contribution in [1.29, 1.82) is 0 Å². The van der Waals surface area contributed by atoms with Crippen LogP contribution in [0.4, 0.5) is 0 Å². The summed E-state index contributed by atoms with van der Waals surface area (Å²) in [6, 6.07) is 8.74. The Morgan fingerprint density at radius 1 is 0.966 bits per heavy atom. The number of hydrogen-bond acceptors (Lipinski definition) is 4. The largest absolute Gasteiger partial charge is 0.455 e. The zero-order chi connectivity index (χ0) is 19.9. The molecule has 1 saturated heterocycles. The van der Waals surface area contributed by atoms with Gasteiger partial charge in [0.1, 0.15) is 11.5 Å². The Labute approximate surface area is 177 Å². The fourth-order valence-corrected chi connectivity index (χ4v) is 5.69. The number of hydrogen-bond donors (Lipinski definition) is 0. The van der Waals surface area contributed by atoms with E-state index in [4.69, 9.17) is 27.6 Å². The van der Waals surface area contributed by atoms with Gasteiger partial charge in [0, 0.05) is 5.56 Å². The quantitative estimate of drug-likeness (QED) is 0.407. The lowest BCUT2D eigenvalue weighted by molar-refractivity contribution is -0.140. The second kappa shape index (κ2) is 6.07. The number of hydrazone groups is 1. The highest BCUT2D eigenvalue weighted by Crippen LogP contribution is 2.65. The van der Waals surface area contributed by atoms with Crippen LogP contribution in [-0.4, -0.2) is 23.0 Å². The van der Waals surface area contributed by atoms with Gasteiger partial charge in [-0.1, -0.05) is 35.4 Å². The van der Waals surface area contributed by atoms with Crippen molar-refractivity contribution in [2.45, 2.75) is 6.42 Å². The summed E-state index contributed by atoms with van der Waals surface area (Å²) in [5, 5.41) is 6.15. The van der Waals surface area contributed by atoms with E-state index in [9.17, 15) is 9.59 Å². The third-order valence-corrected chi connectivity index (χ3v) is 7.51. The van der Waals surface area contributed by atoms with Gasteiger partial charge in [-0.25, -0.2) is 0 Å². The van der Waals surface area contributed by atoms with Crippen molar-refractivity contribution < 1.29 is 14.0 Å². The van der Waals surface area contributed by atoms with Gasteiger partial charge in [-0.2, -0.15) is 10.1 Å². The van der Waals surface area contributed by atoms with Gasteiger partial charge in [0.15, 0.2) is 0 Å². The highest BCUT2D eigenvalue weighted by Gasteiger charge is 2.67. The minimum Gasteiger partial charge on any atom is -0.455 e. The Kier molecular flexibility index (Phi) is 3.66. The molecule has 5 nitrogen and oxygen atoms in total. The summed E-state index contributed by atoms with van der Waals surface area (Å²) in [7, 11) is 0. The third kappa shape index (κ3) is 2.50. The number of allylic oxidation sites excluding steroid dienone is 2. The van der Waals surface area contributed by atoms with Gasteiger partial charge in [0.2, 0.25) is 0 Å². The molecule has 7 heteroatoms. The molecule has 1 aromatic carbocycles. The van der Waals surface area contributed by atoms with Crippen LogP contribution in [0.3, 0.4) is 0 Å². The molecule has 2 amide bonds. The summed E-state index contributed by atoms with van der Waals surface area (Å²) in [4.78, 5) is 25.8. The van der Waals surface area contributed by atoms with Crippen molar-refractivity contribution in [2.24, 2.45) is 40.6 Å². The van der Waals surface area contributed by atoms with Crippen LogP contribution in [0, 0.1) is 35.5 Å². The van der Waals surface area contributed by atoms with E-state index in [1.807, 2.05) is 0 Å². The Hall–Kier alpha value is -2.37. The average molecular weight is 427 g/mol. The van der Waals surface area contributed by atoms with Crippen molar-refractivity contribution in [3.8, 4) is 11.3 Å². The molecule has 4 aliphatic carbocycles. The summed E-state index contributed by atoms with van der Waals surface area (Å²) in [5.74, 6) is 1.72. The third-order valence-electron chi connectivity index (χ3n) is 6.77. The summed E-state index contributed by atoms with van der Waals surface area (Å²) in [6.07, 6.45) is 6.86. The Morgan fingerprint density at radius 3 is 2.31 bits per heavy atom. The van der Waals surface area contributed by atoms with Crippen LogP contribution >= 0.6 is 23.2 Å². The summed E-state index contributed by atoms with van der Waals surface area (Å²) in [5.41, 5.74) is 0.778. The molecule has 1 aliphatic heterocycles. The predicted molar refractivity (Wildman–Crippen MR) is 108 cm³/mol. The molecule has 5 aliphatic rings. The van der Waals surface area contributed by atoms with Gasteiger partial charge >= 0.3 is 0 Å². The fourth-order valence-electron chi connectivity index (χ4n) is 5.40. The molecule has 2 aromatic rings. The lowest BCUT2D eigenvalue weighted by atomic mass is 9.63. The molecular weight excluding hydrogens is 411 g/mol. The number of benzene rings is 1. The maximum Gasteiger partial charge on any atom is 0.254 e. The standard InChI is InChI=1S/C22H16Cl2N2O3/c23-16-5-1-10(7-17(16)24)18-6-2-11(29-18)9-25-26-21(27)19-12-3-4-13(15-8-14(12)15)20(19)22(26)28/h1-7,9,12-15,19-20H,8H2/b25-9-/t12-,13-,14-,15-,19+,20+/m0/s1. The molecule has 2 heterocycles. The Morgan fingerprint density at radius 2 is 1.66 bits per heavy atom. The van der Waals surface area contributed by atoms with Gasteiger partial charge in [-0.05, 0) is 60.4 Å². The molecule has 0 unspecified atom stereocenters. The molecule has 3 fully saturated rings. The predicted octanol–water partition coefficient (Wildman–Crippen LogP) is 4.64. The fraction of sp³-hybridized carbons (Fsp3) is 0.318. The number of imide groups is 1. The van der Waals surface area contributed by atoms with Crippen molar-refractivity contribution in [3.63, 3.8) is 0 Å². The summed E-state index contributed by atoms with van der Waals surface area (Å²) >= 11 is 12.0. The van der Waals surface area contributed by atoms with E-state index in [1.54, 1.807) is 30.3 Å². The maximum absolute atomic E-state index is 12.9. The van der Waals surface area contributed by atoms with Gasteiger partial charge in [-0.15, -0.1) is 0 Å². The lowest BCUT2D eigenvalue weighted by Crippen LogP contribution is -2.40. The number of halogens is 2. The average Bonchev–Trinajstić information content (AvgIpc) is 3.36. The molecule has 0 spiro atoms. The highest BCUT2D eigenvalue weighted by atomic mass is 35.5. The maximum atomic E-state index is 12.9. The van der Waals surface area contributed by atoms with Gasteiger partial charge in [-0.3, -0.25) is 9.59 Å². The number of amides is 2. The first-order valence-electron chi connectivity index (χ1n) is 9.68. The van der Waals surface area contributed by atoms with Gasteiger partial charge < -0.3 is 4.42 Å². The summed E-state index contributed by atoms with van der Waals surface area (Å²) in [6.45, 7) is 0. The normalized spacial score (nSPS) is 34.2. The second-order valence-electron chi connectivity index (χ2n) is 8.22. The molecular formula is C22H16Cl2N2O3. The van der Waals surface area contributed by atoms with Crippen LogP contribution < -0.4 is 0 Å². The van der Waals surface area contributed by atoms with Crippen LogP contribution in [0.2, 0.25) is 10.0 Å².